The van der Waals surface area contributed by atoms with Crippen LogP contribution in [0.1, 0.15) is 28.6 Å². The summed E-state index contributed by atoms with van der Waals surface area (Å²) in [6.45, 7) is 3.50. The number of aryl methyl sites for hydroxylation is 2. The Bertz CT molecular complexity index is 708. The van der Waals surface area contributed by atoms with E-state index in [0.717, 1.165) is 0 Å². The van der Waals surface area contributed by atoms with Crippen molar-refractivity contribution in [1.82, 2.24) is 15.5 Å². The van der Waals surface area contributed by atoms with Crippen molar-refractivity contribution in [2.75, 3.05) is 0 Å². The summed E-state index contributed by atoms with van der Waals surface area (Å²) >= 11 is 0. The number of halogens is 3. The number of H-pyrrole nitrogens is 1. The highest BCUT2D eigenvalue weighted by atomic mass is 19.4. The van der Waals surface area contributed by atoms with Gasteiger partial charge in [-0.2, -0.15) is 5.10 Å². The van der Waals surface area contributed by atoms with Crippen LogP contribution in [0.3, 0.4) is 0 Å². The van der Waals surface area contributed by atoms with E-state index in [1.807, 2.05) is 0 Å². The second-order valence-corrected chi connectivity index (χ2v) is 5.24. The van der Waals surface area contributed by atoms with E-state index in [1.54, 1.807) is 19.9 Å². The molecule has 6 nitrogen and oxygen atoms in total. The number of nitrogens with two attached hydrogens (primary N) is 1. The van der Waals surface area contributed by atoms with Gasteiger partial charge in [0.1, 0.15) is 11.8 Å². The van der Waals surface area contributed by atoms with Gasteiger partial charge in [-0.25, -0.2) is 0 Å². The molecule has 0 aliphatic heterocycles. The summed E-state index contributed by atoms with van der Waals surface area (Å²) in [6, 6.07) is 4.45. The molecule has 24 heavy (non-hydrogen) atoms. The van der Waals surface area contributed by atoms with Crippen molar-refractivity contribution >= 4 is 5.91 Å². The molecule has 0 fully saturated rings. The topological polar surface area (TPSA) is 93.0 Å². The van der Waals surface area contributed by atoms with Gasteiger partial charge < -0.3 is 15.8 Å². The lowest BCUT2D eigenvalue weighted by Gasteiger charge is -2.14. The lowest BCUT2D eigenvalue weighted by Crippen LogP contribution is -2.34. The van der Waals surface area contributed by atoms with E-state index >= 15 is 0 Å². The summed E-state index contributed by atoms with van der Waals surface area (Å²) in [5, 5.41) is 9.31. The zero-order valence-electron chi connectivity index (χ0n) is 13.1. The van der Waals surface area contributed by atoms with E-state index in [9.17, 15) is 18.0 Å². The number of nitrogens with zero attached hydrogens (tertiary/aromatic N) is 1. The Kier molecular flexibility index (Phi) is 5.13. The van der Waals surface area contributed by atoms with E-state index in [0.29, 0.717) is 22.5 Å². The lowest BCUT2D eigenvalue weighted by molar-refractivity contribution is -0.274. The van der Waals surface area contributed by atoms with Crippen LogP contribution >= 0.6 is 0 Å². The quantitative estimate of drug-likeness (QED) is 0.777. The largest absolute Gasteiger partial charge is 0.573 e. The Labute approximate surface area is 136 Å². The Hall–Kier alpha value is -2.55. The molecule has 130 valence electrons. The number of nitrogens with one attached hydrogen (secondary N) is 2. The van der Waals surface area contributed by atoms with E-state index in [2.05, 4.69) is 20.3 Å². The first-order valence-corrected chi connectivity index (χ1v) is 7.07. The van der Waals surface area contributed by atoms with Gasteiger partial charge >= 0.3 is 6.36 Å². The van der Waals surface area contributed by atoms with Crippen LogP contribution in [0.15, 0.2) is 24.3 Å². The third-order valence-corrected chi connectivity index (χ3v) is 3.38. The van der Waals surface area contributed by atoms with Crippen LogP contribution in [0.5, 0.6) is 5.75 Å². The first-order chi connectivity index (χ1) is 11.2. The van der Waals surface area contributed by atoms with Gasteiger partial charge in [-0.15, -0.1) is 13.2 Å². The predicted molar refractivity (Wildman–Crippen MR) is 80.0 cm³/mol. The normalized spacial score (nSPS) is 12.8. The van der Waals surface area contributed by atoms with Crippen molar-refractivity contribution in [3.05, 3.63) is 46.8 Å². The van der Waals surface area contributed by atoms with Gasteiger partial charge in [-0.3, -0.25) is 9.89 Å². The van der Waals surface area contributed by atoms with Gasteiger partial charge in [0.2, 0.25) is 5.91 Å². The highest BCUT2D eigenvalue weighted by molar-refractivity contribution is 5.83. The zero-order chi connectivity index (χ0) is 17.9. The van der Waals surface area contributed by atoms with Crippen LogP contribution < -0.4 is 15.8 Å². The molecule has 4 N–H and O–H groups in total. The SMILES string of the molecule is Cc1n[nH]c(C)c1[C@@H](N)C(=O)NCc1cccc(OC(F)(F)F)c1. The number of alkyl halides is 3. The van der Waals surface area contributed by atoms with Gasteiger partial charge in [-0.05, 0) is 31.5 Å². The second-order valence-electron chi connectivity index (χ2n) is 5.24. The number of carbonyl (C=O) groups is 1. The maximum absolute atomic E-state index is 12.2. The predicted octanol–water partition coefficient (Wildman–Crippen LogP) is 2.24. The average molecular weight is 342 g/mol. The fourth-order valence-electron chi connectivity index (χ4n) is 2.30. The Morgan fingerprint density at radius 2 is 2.12 bits per heavy atom. The molecule has 2 rings (SSSR count). The standard InChI is InChI=1S/C15H17F3N4O2/c1-8-12(9(2)22-21-8)13(19)14(23)20-7-10-4-3-5-11(6-10)24-15(16,17)18/h3-6,13H,7,19H2,1-2H3,(H,20,23)(H,21,22)/t13-/m1/s1. The third-order valence-electron chi connectivity index (χ3n) is 3.38. The number of hydrogen-bond acceptors (Lipinski definition) is 4. The molecule has 0 saturated heterocycles. The Morgan fingerprint density at radius 1 is 1.42 bits per heavy atom. The van der Waals surface area contributed by atoms with Crippen molar-refractivity contribution in [3.8, 4) is 5.75 Å². The number of ether oxygens (including phenoxy) is 1. The molecule has 0 aliphatic carbocycles. The smallest absolute Gasteiger partial charge is 0.406 e. The maximum atomic E-state index is 12.2. The van der Waals surface area contributed by atoms with Crippen molar-refractivity contribution in [1.29, 1.82) is 0 Å². The van der Waals surface area contributed by atoms with Crippen molar-refractivity contribution < 1.29 is 22.7 Å². The molecule has 1 aromatic carbocycles. The first-order valence-electron chi connectivity index (χ1n) is 7.07. The molecular weight excluding hydrogens is 325 g/mol. The molecule has 0 radical (unpaired) electrons. The van der Waals surface area contributed by atoms with Crippen molar-refractivity contribution in [3.63, 3.8) is 0 Å². The summed E-state index contributed by atoms with van der Waals surface area (Å²) in [5.41, 5.74) is 8.28. The van der Waals surface area contributed by atoms with Crippen LogP contribution in [-0.2, 0) is 11.3 Å². The molecule has 1 amide bonds. The van der Waals surface area contributed by atoms with Crippen LogP contribution in [-0.4, -0.2) is 22.5 Å². The molecule has 1 heterocycles. The molecule has 0 unspecified atom stereocenters. The molecule has 0 spiro atoms. The van der Waals surface area contributed by atoms with Crippen LogP contribution in [0.25, 0.3) is 0 Å². The van der Waals surface area contributed by atoms with Gasteiger partial charge in [0.05, 0.1) is 5.69 Å². The molecule has 0 aliphatic rings. The highest BCUT2D eigenvalue weighted by Gasteiger charge is 2.31. The number of amides is 1. The summed E-state index contributed by atoms with van der Waals surface area (Å²) in [7, 11) is 0. The van der Waals surface area contributed by atoms with Crippen molar-refractivity contribution in [2.45, 2.75) is 32.8 Å². The fraction of sp³-hybridized carbons (Fsp3) is 0.333. The highest BCUT2D eigenvalue weighted by Crippen LogP contribution is 2.23. The molecule has 9 heteroatoms. The lowest BCUT2D eigenvalue weighted by atomic mass is 10.1. The first kappa shape index (κ1) is 17.8. The number of carbonyl (C=O) groups excluding carboxylic acids is 1. The van der Waals surface area contributed by atoms with E-state index in [-0.39, 0.29) is 12.3 Å². The van der Waals surface area contributed by atoms with Gasteiger partial charge in [0.15, 0.2) is 0 Å². The summed E-state index contributed by atoms with van der Waals surface area (Å²) in [6.07, 6.45) is -4.76. The van der Waals surface area contributed by atoms with Crippen LogP contribution in [0.2, 0.25) is 0 Å². The molecule has 2 aromatic rings. The Morgan fingerprint density at radius 3 is 2.71 bits per heavy atom. The minimum atomic E-state index is -4.76. The molecule has 1 atom stereocenters. The average Bonchev–Trinajstić information content (AvgIpc) is 2.82. The Balaban J connectivity index is 2.00. The molecule has 1 aromatic heterocycles. The molecular formula is C15H17F3N4O2. The number of aromatic amines is 1. The fourth-order valence-corrected chi connectivity index (χ4v) is 2.30. The summed E-state index contributed by atoms with van der Waals surface area (Å²) in [5.74, 6) is -0.801. The third kappa shape index (κ3) is 4.48. The van der Waals surface area contributed by atoms with Crippen LogP contribution in [0, 0.1) is 13.8 Å². The van der Waals surface area contributed by atoms with E-state index in [1.165, 1.54) is 18.2 Å². The maximum Gasteiger partial charge on any atom is 0.573 e. The monoisotopic (exact) mass is 342 g/mol. The number of hydrogen-bond donors (Lipinski definition) is 3. The molecule has 0 bridgehead atoms. The van der Waals surface area contributed by atoms with Crippen LogP contribution in [0.4, 0.5) is 13.2 Å². The second kappa shape index (κ2) is 6.91. The van der Waals surface area contributed by atoms with Gasteiger partial charge in [0.25, 0.3) is 0 Å². The van der Waals surface area contributed by atoms with E-state index in [4.69, 9.17) is 5.73 Å². The van der Waals surface area contributed by atoms with E-state index < -0.39 is 18.3 Å². The number of benzene rings is 1. The minimum absolute atomic E-state index is 0.0253. The van der Waals surface area contributed by atoms with Gasteiger partial charge in [0, 0.05) is 17.8 Å². The molecule has 0 saturated carbocycles. The number of rotatable bonds is 5. The zero-order valence-corrected chi connectivity index (χ0v) is 13.1. The van der Waals surface area contributed by atoms with Crippen molar-refractivity contribution in [2.24, 2.45) is 5.73 Å². The minimum Gasteiger partial charge on any atom is -0.406 e. The number of aromatic nitrogens is 2. The summed E-state index contributed by atoms with van der Waals surface area (Å²) < 4.78 is 40.5. The van der Waals surface area contributed by atoms with Gasteiger partial charge in [-0.1, -0.05) is 12.1 Å². The summed E-state index contributed by atoms with van der Waals surface area (Å²) in [4.78, 5) is 12.1.